The van der Waals surface area contributed by atoms with Crippen molar-refractivity contribution in [2.75, 3.05) is 33.2 Å². The molecule has 6 nitrogen and oxygen atoms in total. The standard InChI is InChI=1S/C22H26FN5OS.C4H10/c1-4-18(25-20(5-2)28-10-6-9-27(3)11-12-28)16-13-15(7-8-17(16)23)14-19-21(29)26-22(24)30-19;1-3-4-2/h4-5,7-8,13-14H,1,6,9-12H2,2-3H3,(H2,24,26,29);3-4H2,1-2H3/b19-14-,20-5+,25-18+;. The van der Waals surface area contributed by atoms with Crippen LogP contribution < -0.4 is 5.73 Å². The Balaban J connectivity index is 0.000000945. The van der Waals surface area contributed by atoms with Gasteiger partial charge in [-0.25, -0.2) is 9.38 Å². The number of rotatable bonds is 6. The second kappa shape index (κ2) is 13.9. The Bertz CT molecular complexity index is 997. The van der Waals surface area contributed by atoms with Crippen LogP contribution in [0.1, 0.15) is 51.2 Å². The number of thioether (sulfide) groups is 1. The van der Waals surface area contributed by atoms with Crippen LogP contribution in [0.4, 0.5) is 4.39 Å². The van der Waals surface area contributed by atoms with Crippen LogP contribution in [0.15, 0.2) is 57.6 Å². The van der Waals surface area contributed by atoms with Gasteiger partial charge in [0.05, 0.1) is 10.6 Å². The molecule has 2 heterocycles. The zero-order valence-corrected chi connectivity index (χ0v) is 21.5. The minimum absolute atomic E-state index is 0.211. The fourth-order valence-electron chi connectivity index (χ4n) is 3.34. The molecule has 0 saturated carbocycles. The molecule has 8 heteroatoms. The molecule has 0 radical (unpaired) electrons. The average molecular weight is 486 g/mol. The van der Waals surface area contributed by atoms with E-state index in [9.17, 15) is 9.18 Å². The number of likely N-dealkylation sites (N-methyl/N-ethyl adjacent to an activating group) is 1. The fraction of sp³-hybridized carbons (Fsp3) is 0.423. The van der Waals surface area contributed by atoms with Crippen LogP contribution in [0, 0.1) is 5.82 Å². The summed E-state index contributed by atoms with van der Waals surface area (Å²) in [7, 11) is 2.11. The number of carbonyl (C=O) groups is 1. The van der Waals surface area contributed by atoms with Gasteiger partial charge in [-0.05, 0) is 74.6 Å². The number of amidine groups is 1. The van der Waals surface area contributed by atoms with Crippen LogP contribution in [-0.2, 0) is 4.79 Å². The molecule has 0 atom stereocenters. The van der Waals surface area contributed by atoms with Gasteiger partial charge in [-0.3, -0.25) is 4.79 Å². The maximum Gasteiger partial charge on any atom is 0.286 e. The molecule has 2 aliphatic heterocycles. The van der Waals surface area contributed by atoms with Crippen molar-refractivity contribution in [2.45, 2.75) is 40.0 Å². The van der Waals surface area contributed by atoms with E-state index in [1.54, 1.807) is 24.3 Å². The van der Waals surface area contributed by atoms with Crippen molar-refractivity contribution in [3.63, 3.8) is 0 Å². The molecular formula is C26H36FN5OS. The van der Waals surface area contributed by atoms with E-state index >= 15 is 0 Å². The Labute approximate surface area is 207 Å². The lowest BCUT2D eigenvalue weighted by atomic mass is 10.0. The molecule has 34 heavy (non-hydrogen) atoms. The summed E-state index contributed by atoms with van der Waals surface area (Å²) >= 11 is 1.10. The van der Waals surface area contributed by atoms with Gasteiger partial charge in [-0.1, -0.05) is 39.3 Å². The summed E-state index contributed by atoms with van der Waals surface area (Å²) in [5.41, 5.74) is 7.04. The summed E-state index contributed by atoms with van der Waals surface area (Å²) in [6.07, 6.45) is 8.83. The number of amides is 1. The molecule has 0 aromatic heterocycles. The van der Waals surface area contributed by atoms with Crippen molar-refractivity contribution in [2.24, 2.45) is 15.7 Å². The van der Waals surface area contributed by atoms with E-state index in [1.165, 1.54) is 18.9 Å². The predicted molar refractivity (Wildman–Crippen MR) is 143 cm³/mol. The molecule has 0 aliphatic carbocycles. The van der Waals surface area contributed by atoms with Crippen molar-refractivity contribution < 1.29 is 9.18 Å². The molecule has 0 bridgehead atoms. The van der Waals surface area contributed by atoms with E-state index in [2.05, 4.69) is 42.3 Å². The van der Waals surface area contributed by atoms with Gasteiger partial charge in [0.15, 0.2) is 5.17 Å². The van der Waals surface area contributed by atoms with E-state index in [0.717, 1.165) is 50.2 Å². The monoisotopic (exact) mass is 485 g/mol. The van der Waals surface area contributed by atoms with Crippen LogP contribution in [0.3, 0.4) is 0 Å². The molecular weight excluding hydrogens is 449 g/mol. The number of halogens is 1. The lowest BCUT2D eigenvalue weighted by molar-refractivity contribution is -0.113. The van der Waals surface area contributed by atoms with Crippen LogP contribution in [-0.4, -0.2) is 59.8 Å². The number of hydrogen-bond donors (Lipinski definition) is 1. The number of hydrogen-bond acceptors (Lipinski definition) is 6. The second-order valence-electron chi connectivity index (χ2n) is 8.10. The van der Waals surface area contributed by atoms with Crippen molar-refractivity contribution >= 4 is 34.6 Å². The number of carbonyl (C=O) groups excluding carboxylic acids is 1. The number of unbranched alkanes of at least 4 members (excludes halogenated alkanes) is 1. The molecule has 1 fully saturated rings. The summed E-state index contributed by atoms with van der Waals surface area (Å²) in [5, 5.41) is 0.211. The Kier molecular flexibility index (Phi) is 11.2. The van der Waals surface area contributed by atoms with E-state index in [4.69, 9.17) is 10.7 Å². The molecule has 1 amide bonds. The highest BCUT2D eigenvalue weighted by molar-refractivity contribution is 8.18. The topological polar surface area (TPSA) is 74.3 Å². The van der Waals surface area contributed by atoms with Crippen LogP contribution in [0.25, 0.3) is 6.08 Å². The van der Waals surface area contributed by atoms with Gasteiger partial charge in [0.1, 0.15) is 11.6 Å². The number of benzene rings is 1. The maximum absolute atomic E-state index is 14.7. The molecule has 0 unspecified atom stereocenters. The first-order chi connectivity index (χ1) is 16.3. The highest BCUT2D eigenvalue weighted by Gasteiger charge is 2.20. The highest BCUT2D eigenvalue weighted by atomic mass is 32.2. The first-order valence-corrected chi connectivity index (χ1v) is 12.5. The van der Waals surface area contributed by atoms with Gasteiger partial charge >= 0.3 is 0 Å². The summed E-state index contributed by atoms with van der Waals surface area (Å²) in [5.74, 6) is 0.0115. The summed E-state index contributed by atoms with van der Waals surface area (Å²) in [6.45, 7) is 13.9. The quantitative estimate of drug-likeness (QED) is 0.452. The number of allylic oxidation sites excluding steroid dienone is 2. The van der Waals surface area contributed by atoms with E-state index in [1.807, 2.05) is 13.0 Å². The maximum atomic E-state index is 14.7. The molecule has 2 aliphatic rings. The predicted octanol–water partition coefficient (Wildman–Crippen LogP) is 5.04. The highest BCUT2D eigenvalue weighted by Crippen LogP contribution is 2.27. The Morgan fingerprint density at radius 1 is 1.26 bits per heavy atom. The Morgan fingerprint density at radius 2 is 2.00 bits per heavy atom. The third-order valence-electron chi connectivity index (χ3n) is 5.43. The minimum atomic E-state index is -0.400. The van der Waals surface area contributed by atoms with Crippen LogP contribution in [0.2, 0.25) is 0 Å². The molecule has 2 N–H and O–H groups in total. The van der Waals surface area contributed by atoms with E-state index in [0.29, 0.717) is 21.7 Å². The van der Waals surface area contributed by atoms with E-state index in [-0.39, 0.29) is 11.1 Å². The minimum Gasteiger partial charge on any atom is -0.378 e. The molecule has 1 aromatic rings. The summed E-state index contributed by atoms with van der Waals surface area (Å²) < 4.78 is 14.7. The van der Waals surface area contributed by atoms with Crippen molar-refractivity contribution in [3.8, 4) is 0 Å². The molecule has 3 rings (SSSR count). The number of aliphatic imine (C=N–C) groups is 2. The zero-order chi connectivity index (χ0) is 25.1. The third kappa shape index (κ3) is 7.95. The van der Waals surface area contributed by atoms with Gasteiger partial charge in [-0.2, -0.15) is 4.99 Å². The first-order valence-electron chi connectivity index (χ1n) is 11.7. The van der Waals surface area contributed by atoms with Gasteiger partial charge in [-0.15, -0.1) is 0 Å². The van der Waals surface area contributed by atoms with Gasteiger partial charge in [0.2, 0.25) is 0 Å². The Morgan fingerprint density at radius 3 is 2.59 bits per heavy atom. The van der Waals surface area contributed by atoms with E-state index < -0.39 is 5.82 Å². The molecule has 1 aromatic carbocycles. The fourth-order valence-corrected chi connectivity index (χ4v) is 4.02. The van der Waals surface area contributed by atoms with Crippen molar-refractivity contribution in [1.29, 1.82) is 0 Å². The summed E-state index contributed by atoms with van der Waals surface area (Å²) in [4.78, 5) is 25.2. The average Bonchev–Trinajstić information content (AvgIpc) is 3.00. The van der Waals surface area contributed by atoms with Crippen LogP contribution in [0.5, 0.6) is 0 Å². The molecule has 184 valence electrons. The Hall–Kier alpha value is -2.71. The molecule has 0 spiro atoms. The summed E-state index contributed by atoms with van der Waals surface area (Å²) in [6, 6.07) is 4.63. The lowest BCUT2D eigenvalue weighted by Gasteiger charge is -2.23. The van der Waals surface area contributed by atoms with Crippen molar-refractivity contribution in [3.05, 3.63) is 64.6 Å². The lowest BCUT2D eigenvalue weighted by Crippen LogP contribution is -2.28. The van der Waals surface area contributed by atoms with Crippen LogP contribution >= 0.6 is 11.8 Å². The molecule has 1 saturated heterocycles. The van der Waals surface area contributed by atoms with Crippen molar-refractivity contribution in [1.82, 2.24) is 9.80 Å². The van der Waals surface area contributed by atoms with Gasteiger partial charge in [0.25, 0.3) is 5.91 Å². The van der Waals surface area contributed by atoms with Gasteiger partial charge < -0.3 is 15.5 Å². The third-order valence-corrected chi connectivity index (χ3v) is 6.24. The zero-order valence-electron chi connectivity index (χ0n) is 20.7. The van der Waals surface area contributed by atoms with Gasteiger partial charge in [0, 0.05) is 25.2 Å². The SMILES string of the molecule is C=C/C(=N\C(=C/C)N1CCCN(C)CC1)c1cc(/C=C2\SC(N)=NC2=O)ccc1F.CCCC. The number of nitrogens with two attached hydrogens (primary N) is 1. The largest absolute Gasteiger partial charge is 0.378 e. The first kappa shape index (κ1) is 27.5. The number of nitrogens with zero attached hydrogens (tertiary/aromatic N) is 4. The normalized spacial score (nSPS) is 19.0. The smallest absolute Gasteiger partial charge is 0.286 e. The second-order valence-corrected chi connectivity index (χ2v) is 9.16.